The highest BCUT2D eigenvalue weighted by atomic mass is 15.1. The molecule has 0 radical (unpaired) electrons. The largest absolute Gasteiger partial charge is 0.310 e. The topological polar surface area (TPSA) is 8.17 Å². The van der Waals surface area contributed by atoms with Crippen molar-refractivity contribution in [3.8, 4) is 39.1 Å². The van der Waals surface area contributed by atoms with Crippen LogP contribution in [0.25, 0.3) is 82.4 Å². The molecular formula is C56H38N2. The lowest BCUT2D eigenvalue weighted by Crippen LogP contribution is -2.11. The number of fused-ring (bicyclic) bond motifs is 5. The first kappa shape index (κ1) is 33.6. The number of anilines is 3. The van der Waals surface area contributed by atoms with Crippen molar-refractivity contribution in [2.75, 3.05) is 4.90 Å². The van der Waals surface area contributed by atoms with Crippen LogP contribution < -0.4 is 4.90 Å². The second-order valence-electron chi connectivity index (χ2n) is 14.9. The van der Waals surface area contributed by atoms with Crippen LogP contribution in [-0.2, 0) is 0 Å². The van der Waals surface area contributed by atoms with Gasteiger partial charge in [0.2, 0.25) is 0 Å². The summed E-state index contributed by atoms with van der Waals surface area (Å²) in [7, 11) is 0. The number of nitrogens with zero attached hydrogens (tertiary/aromatic N) is 2. The minimum atomic E-state index is 1.09. The van der Waals surface area contributed by atoms with Crippen molar-refractivity contribution in [1.29, 1.82) is 0 Å². The van der Waals surface area contributed by atoms with Crippen LogP contribution in [0.2, 0.25) is 0 Å². The van der Waals surface area contributed by atoms with Crippen molar-refractivity contribution in [3.63, 3.8) is 0 Å². The van der Waals surface area contributed by atoms with Gasteiger partial charge in [-0.15, -0.1) is 0 Å². The van der Waals surface area contributed by atoms with Crippen LogP contribution in [0.3, 0.4) is 0 Å². The Morgan fingerprint density at radius 3 is 1.74 bits per heavy atom. The van der Waals surface area contributed by atoms with E-state index in [2.05, 4.69) is 240 Å². The number of hydrogen-bond donors (Lipinski definition) is 0. The first-order valence-corrected chi connectivity index (χ1v) is 19.9. The predicted molar refractivity (Wildman–Crippen MR) is 247 cm³/mol. The van der Waals surface area contributed by atoms with Crippen LogP contribution in [0.15, 0.2) is 231 Å². The number of rotatable bonds is 7. The Labute approximate surface area is 338 Å². The van der Waals surface area contributed by atoms with E-state index in [1.165, 1.54) is 76.7 Å². The van der Waals surface area contributed by atoms with Crippen LogP contribution in [0, 0.1) is 0 Å². The highest BCUT2D eigenvalue weighted by molar-refractivity contribution is 6.12. The molecule has 11 aromatic rings. The van der Waals surface area contributed by atoms with Crippen LogP contribution >= 0.6 is 0 Å². The van der Waals surface area contributed by atoms with Gasteiger partial charge in [-0.1, -0.05) is 170 Å². The number of hydrogen-bond acceptors (Lipinski definition) is 1. The van der Waals surface area contributed by atoms with Crippen molar-refractivity contribution in [1.82, 2.24) is 4.57 Å². The summed E-state index contributed by atoms with van der Waals surface area (Å²) in [6.07, 6.45) is 0. The molecule has 0 spiro atoms. The molecule has 0 aliphatic rings. The molecule has 2 heteroatoms. The van der Waals surface area contributed by atoms with Crippen molar-refractivity contribution in [3.05, 3.63) is 231 Å². The summed E-state index contributed by atoms with van der Waals surface area (Å²) in [6, 6.07) is 83.8. The van der Waals surface area contributed by atoms with Gasteiger partial charge in [-0.2, -0.15) is 0 Å². The van der Waals surface area contributed by atoms with Crippen LogP contribution in [0.4, 0.5) is 17.1 Å². The van der Waals surface area contributed by atoms with Gasteiger partial charge in [-0.25, -0.2) is 0 Å². The fourth-order valence-electron chi connectivity index (χ4n) is 8.87. The van der Waals surface area contributed by atoms with Gasteiger partial charge < -0.3 is 9.47 Å². The standard InChI is InChI=1S/C56H38N2/c1-3-16-41(17-4-1)48-25-13-19-42-20-14-26-51(56(42)48)49-23-9-11-27-53(49)57(46-33-31-40(32-34-46)44-30-29-39-15-7-8-18-43(39)37-44)47-35-36-55-52(38-47)50-24-10-12-28-54(50)58(55)45-21-5-2-6-22-45/h1-38H. The maximum atomic E-state index is 2.44. The summed E-state index contributed by atoms with van der Waals surface area (Å²) in [5.41, 5.74) is 14.0. The van der Waals surface area contributed by atoms with Gasteiger partial charge in [0.15, 0.2) is 0 Å². The number of para-hydroxylation sites is 3. The van der Waals surface area contributed by atoms with Gasteiger partial charge in [0.05, 0.1) is 16.7 Å². The Hall–Kier alpha value is -7.68. The van der Waals surface area contributed by atoms with Crippen molar-refractivity contribution in [2.45, 2.75) is 0 Å². The summed E-state index contributed by atoms with van der Waals surface area (Å²) in [6.45, 7) is 0. The first-order valence-electron chi connectivity index (χ1n) is 19.9. The van der Waals surface area contributed by atoms with E-state index in [1.807, 2.05) is 0 Å². The second-order valence-corrected chi connectivity index (χ2v) is 14.9. The zero-order chi connectivity index (χ0) is 38.4. The van der Waals surface area contributed by atoms with Crippen LogP contribution in [-0.4, -0.2) is 4.57 Å². The molecule has 0 saturated carbocycles. The molecule has 0 fully saturated rings. The van der Waals surface area contributed by atoms with E-state index in [0.717, 1.165) is 22.7 Å². The Kier molecular flexibility index (Phi) is 8.19. The molecule has 58 heavy (non-hydrogen) atoms. The van der Waals surface area contributed by atoms with E-state index in [9.17, 15) is 0 Å². The van der Waals surface area contributed by atoms with E-state index in [1.54, 1.807) is 0 Å². The van der Waals surface area contributed by atoms with Gasteiger partial charge >= 0.3 is 0 Å². The fourth-order valence-corrected chi connectivity index (χ4v) is 8.87. The molecule has 1 aromatic heterocycles. The van der Waals surface area contributed by atoms with E-state index in [-0.39, 0.29) is 0 Å². The molecule has 0 bridgehead atoms. The third kappa shape index (κ3) is 5.74. The van der Waals surface area contributed by atoms with E-state index < -0.39 is 0 Å². The van der Waals surface area contributed by atoms with Crippen molar-refractivity contribution >= 4 is 60.4 Å². The van der Waals surface area contributed by atoms with Gasteiger partial charge in [0.25, 0.3) is 0 Å². The van der Waals surface area contributed by atoms with Crippen molar-refractivity contribution in [2.24, 2.45) is 0 Å². The highest BCUT2D eigenvalue weighted by Crippen LogP contribution is 2.46. The third-order valence-electron chi connectivity index (χ3n) is 11.6. The average Bonchev–Trinajstić information content (AvgIpc) is 3.63. The summed E-state index contributed by atoms with van der Waals surface area (Å²) in [4.78, 5) is 2.44. The smallest absolute Gasteiger partial charge is 0.0542 e. The fraction of sp³-hybridized carbons (Fsp3) is 0. The Morgan fingerprint density at radius 1 is 0.310 bits per heavy atom. The lowest BCUT2D eigenvalue weighted by molar-refractivity contribution is 1.18. The van der Waals surface area contributed by atoms with Gasteiger partial charge in [0, 0.05) is 33.4 Å². The lowest BCUT2D eigenvalue weighted by atomic mass is 9.90. The van der Waals surface area contributed by atoms with E-state index in [0.29, 0.717) is 0 Å². The third-order valence-corrected chi connectivity index (χ3v) is 11.6. The summed E-state index contributed by atoms with van der Waals surface area (Å²) in [5.74, 6) is 0. The lowest BCUT2D eigenvalue weighted by Gasteiger charge is -2.29. The number of aromatic nitrogens is 1. The average molecular weight is 739 g/mol. The monoisotopic (exact) mass is 738 g/mol. The number of benzene rings is 10. The zero-order valence-corrected chi connectivity index (χ0v) is 31.8. The molecule has 0 atom stereocenters. The Balaban J connectivity index is 1.14. The quantitative estimate of drug-likeness (QED) is 0.158. The molecule has 11 rings (SSSR count). The molecule has 10 aromatic carbocycles. The predicted octanol–water partition coefficient (Wildman–Crippen LogP) is 15.6. The summed E-state index contributed by atoms with van der Waals surface area (Å²) < 4.78 is 2.38. The van der Waals surface area contributed by atoms with E-state index in [4.69, 9.17) is 0 Å². The van der Waals surface area contributed by atoms with E-state index >= 15 is 0 Å². The van der Waals surface area contributed by atoms with Gasteiger partial charge in [0.1, 0.15) is 0 Å². The molecule has 0 aliphatic carbocycles. The zero-order valence-electron chi connectivity index (χ0n) is 31.8. The normalized spacial score (nSPS) is 11.4. The van der Waals surface area contributed by atoms with Gasteiger partial charge in [-0.3, -0.25) is 0 Å². The molecule has 0 unspecified atom stereocenters. The van der Waals surface area contributed by atoms with Crippen molar-refractivity contribution < 1.29 is 0 Å². The highest BCUT2D eigenvalue weighted by Gasteiger charge is 2.21. The molecular weight excluding hydrogens is 701 g/mol. The van der Waals surface area contributed by atoms with Crippen LogP contribution in [0.1, 0.15) is 0 Å². The SMILES string of the molecule is c1ccc(-c2cccc3cccc(-c4ccccc4N(c4ccc(-c5ccc6ccccc6c5)cc4)c4ccc5c(c4)c4ccccc4n5-c4ccccc4)c23)cc1. The summed E-state index contributed by atoms with van der Waals surface area (Å²) >= 11 is 0. The minimum absolute atomic E-state index is 1.09. The second kappa shape index (κ2) is 14.1. The first-order chi connectivity index (χ1) is 28.8. The molecule has 2 nitrogen and oxygen atoms in total. The molecule has 0 amide bonds. The Morgan fingerprint density at radius 2 is 0.914 bits per heavy atom. The molecule has 1 heterocycles. The maximum absolute atomic E-state index is 2.44. The van der Waals surface area contributed by atoms with Crippen LogP contribution in [0.5, 0.6) is 0 Å². The molecule has 0 N–H and O–H groups in total. The maximum Gasteiger partial charge on any atom is 0.0542 e. The molecule has 0 saturated heterocycles. The minimum Gasteiger partial charge on any atom is -0.310 e. The van der Waals surface area contributed by atoms with Gasteiger partial charge in [-0.05, 0) is 110 Å². The molecule has 0 aliphatic heterocycles. The molecule has 272 valence electrons. The summed E-state index contributed by atoms with van der Waals surface area (Å²) in [5, 5.41) is 7.39. The Bertz CT molecular complexity index is 3260.